The highest BCUT2D eigenvalue weighted by molar-refractivity contribution is 5.91. The fourth-order valence-electron chi connectivity index (χ4n) is 3.12. The van der Waals surface area contributed by atoms with E-state index in [4.69, 9.17) is 19.2 Å². The van der Waals surface area contributed by atoms with Gasteiger partial charge in [0.1, 0.15) is 0 Å². The Bertz CT molecular complexity index is 1080. The van der Waals surface area contributed by atoms with Gasteiger partial charge < -0.3 is 23.8 Å². The highest BCUT2D eigenvalue weighted by Crippen LogP contribution is 2.19. The summed E-state index contributed by atoms with van der Waals surface area (Å²) in [6, 6.07) is 11.4. The number of hydrogen-bond acceptors (Lipinski definition) is 6. The number of ether oxygens (including phenoxy) is 1. The zero-order valence-electron chi connectivity index (χ0n) is 17.5. The van der Waals surface area contributed by atoms with E-state index in [-0.39, 0.29) is 17.8 Å². The van der Waals surface area contributed by atoms with E-state index >= 15 is 0 Å². The van der Waals surface area contributed by atoms with Crippen LogP contribution in [0.2, 0.25) is 0 Å². The lowest BCUT2D eigenvalue weighted by Gasteiger charge is -2.23. The number of hydrogen-bond donors (Lipinski definition) is 1. The van der Waals surface area contributed by atoms with E-state index in [2.05, 4.69) is 14.7 Å². The van der Waals surface area contributed by atoms with E-state index in [1.165, 1.54) is 0 Å². The first kappa shape index (κ1) is 24.0. The minimum Gasteiger partial charge on any atom is -0.475 e. The van der Waals surface area contributed by atoms with Crippen molar-refractivity contribution in [2.75, 3.05) is 6.54 Å². The van der Waals surface area contributed by atoms with Crippen molar-refractivity contribution >= 4 is 11.9 Å². The van der Waals surface area contributed by atoms with Crippen molar-refractivity contribution in [3.05, 3.63) is 71.6 Å². The molecule has 33 heavy (non-hydrogen) atoms. The van der Waals surface area contributed by atoms with Crippen molar-refractivity contribution in [3.63, 3.8) is 0 Å². The largest absolute Gasteiger partial charge is 0.490 e. The first-order valence-corrected chi connectivity index (χ1v) is 9.81. The van der Waals surface area contributed by atoms with Gasteiger partial charge >= 0.3 is 12.1 Å². The van der Waals surface area contributed by atoms with Crippen LogP contribution in [0.4, 0.5) is 13.2 Å². The molecular formula is C21H21F3N4O5. The van der Waals surface area contributed by atoms with Crippen LogP contribution >= 0.6 is 0 Å². The number of carboxylic acids is 1. The molecule has 176 valence electrons. The maximum absolute atomic E-state index is 12.8. The van der Waals surface area contributed by atoms with E-state index < -0.39 is 12.1 Å². The van der Waals surface area contributed by atoms with Crippen LogP contribution < -0.4 is 0 Å². The van der Waals surface area contributed by atoms with Gasteiger partial charge in [-0.15, -0.1) is 0 Å². The Hall–Kier alpha value is -3.67. The van der Waals surface area contributed by atoms with Crippen LogP contribution in [-0.4, -0.2) is 55.4 Å². The Morgan fingerprint density at radius 2 is 2.00 bits per heavy atom. The molecule has 0 spiro atoms. The molecule has 0 bridgehead atoms. The van der Waals surface area contributed by atoms with Crippen molar-refractivity contribution < 1.29 is 37.1 Å². The Kier molecular flexibility index (Phi) is 7.48. The number of carboxylic acid groups (broad SMARTS) is 1. The maximum atomic E-state index is 12.8. The number of fused-ring (bicyclic) bond motifs is 1. The lowest BCUT2D eigenvalue weighted by atomic mass is 10.2. The molecule has 1 unspecified atom stereocenters. The molecular weight excluding hydrogens is 445 g/mol. The topological polar surface area (TPSA) is 111 Å². The van der Waals surface area contributed by atoms with Crippen LogP contribution in [0.15, 0.2) is 53.3 Å². The van der Waals surface area contributed by atoms with E-state index in [0.29, 0.717) is 31.9 Å². The molecule has 1 aliphatic rings. The number of halogens is 3. The quantitative estimate of drug-likeness (QED) is 0.629. The summed E-state index contributed by atoms with van der Waals surface area (Å²) in [4.78, 5) is 27.8. The smallest absolute Gasteiger partial charge is 0.475 e. The summed E-state index contributed by atoms with van der Waals surface area (Å²) in [5.41, 5.74) is 2.63. The molecule has 4 heterocycles. The molecule has 1 N–H and O–H groups in total. The first-order valence-electron chi connectivity index (χ1n) is 9.81. The van der Waals surface area contributed by atoms with Crippen molar-refractivity contribution in [1.82, 2.24) is 19.6 Å². The lowest BCUT2D eigenvalue weighted by Crippen LogP contribution is -2.37. The van der Waals surface area contributed by atoms with Gasteiger partial charge in [0.25, 0.3) is 5.91 Å². The molecule has 0 saturated heterocycles. The second-order valence-corrected chi connectivity index (χ2v) is 7.23. The fourth-order valence-corrected chi connectivity index (χ4v) is 3.12. The maximum Gasteiger partial charge on any atom is 0.490 e. The van der Waals surface area contributed by atoms with Crippen LogP contribution in [0.3, 0.4) is 0 Å². The van der Waals surface area contributed by atoms with E-state index in [0.717, 1.165) is 11.4 Å². The number of aromatic nitrogens is 3. The number of carbonyl (C=O) groups is 2. The zero-order valence-corrected chi connectivity index (χ0v) is 17.5. The van der Waals surface area contributed by atoms with Gasteiger partial charge in [-0.2, -0.15) is 13.2 Å². The van der Waals surface area contributed by atoms with Gasteiger partial charge in [0.15, 0.2) is 0 Å². The Balaban J connectivity index is 0.000000383. The second-order valence-electron chi connectivity index (χ2n) is 7.23. The molecule has 1 atom stereocenters. The number of rotatable bonds is 4. The molecule has 3 aromatic rings. The van der Waals surface area contributed by atoms with Gasteiger partial charge in [0, 0.05) is 30.7 Å². The van der Waals surface area contributed by atoms with Crippen molar-refractivity contribution in [2.24, 2.45) is 0 Å². The average Bonchev–Trinajstić information content (AvgIpc) is 3.36. The summed E-state index contributed by atoms with van der Waals surface area (Å²) in [7, 11) is 0. The van der Waals surface area contributed by atoms with Crippen molar-refractivity contribution in [3.8, 4) is 0 Å². The zero-order chi connectivity index (χ0) is 24.0. The highest BCUT2D eigenvalue weighted by Gasteiger charge is 2.38. The normalized spacial score (nSPS) is 15.8. The van der Waals surface area contributed by atoms with Gasteiger partial charge in [0.2, 0.25) is 5.76 Å². The Morgan fingerprint density at radius 3 is 2.61 bits per heavy atom. The van der Waals surface area contributed by atoms with Gasteiger partial charge in [-0.3, -0.25) is 9.78 Å². The molecule has 0 aliphatic carbocycles. The summed E-state index contributed by atoms with van der Waals surface area (Å²) in [6.07, 6.45) is -1.46. The predicted octanol–water partition coefficient (Wildman–Crippen LogP) is 3.05. The number of aliphatic carboxylic acids is 1. The minimum atomic E-state index is -5.08. The third-order valence-electron chi connectivity index (χ3n) is 4.66. The molecule has 1 amide bonds. The van der Waals surface area contributed by atoms with Crippen molar-refractivity contribution in [2.45, 2.75) is 38.9 Å². The Labute approximate surface area is 186 Å². The predicted molar refractivity (Wildman–Crippen MR) is 107 cm³/mol. The molecule has 0 radical (unpaired) electrons. The number of nitrogens with zero attached hydrogens (tertiary/aromatic N) is 4. The average molecular weight is 466 g/mol. The third kappa shape index (κ3) is 6.65. The summed E-state index contributed by atoms with van der Waals surface area (Å²) < 4.78 is 45.1. The molecule has 3 aromatic heterocycles. The van der Waals surface area contributed by atoms with Crippen molar-refractivity contribution in [1.29, 1.82) is 0 Å². The standard InChI is InChI=1S/C19H20N4O3.C2HF3O2/c1-14-9-18(26-21-14)19(24)23-10-16-6-4-8-22(16)11-17(12-23)25-13-15-5-2-3-7-20-15;3-2(4,5)1(6)7/h2-9,17H,10-13H2,1H3;(H,6,7). The van der Waals surface area contributed by atoms with Gasteiger partial charge in [-0.05, 0) is 31.2 Å². The Morgan fingerprint density at radius 1 is 1.24 bits per heavy atom. The molecule has 1 aliphatic heterocycles. The number of carbonyl (C=O) groups excluding carboxylic acids is 1. The molecule has 4 rings (SSSR count). The lowest BCUT2D eigenvalue weighted by molar-refractivity contribution is -0.192. The summed E-state index contributed by atoms with van der Waals surface area (Å²) >= 11 is 0. The summed E-state index contributed by atoms with van der Waals surface area (Å²) in [5, 5.41) is 10.9. The summed E-state index contributed by atoms with van der Waals surface area (Å²) in [6.45, 7) is 3.88. The molecule has 12 heteroatoms. The number of pyridine rings is 1. The van der Waals surface area contributed by atoms with Crippen LogP contribution in [0, 0.1) is 6.92 Å². The first-order chi connectivity index (χ1) is 15.6. The van der Waals surface area contributed by atoms with Gasteiger partial charge in [0.05, 0.1) is 37.2 Å². The second kappa shape index (κ2) is 10.3. The summed E-state index contributed by atoms with van der Waals surface area (Å²) in [5.74, 6) is -2.68. The van der Waals surface area contributed by atoms with Crippen LogP contribution in [-0.2, 0) is 29.2 Å². The van der Waals surface area contributed by atoms with Crippen LogP contribution in [0.5, 0.6) is 0 Å². The molecule has 0 aromatic carbocycles. The van der Waals surface area contributed by atoms with Gasteiger partial charge in [-0.25, -0.2) is 4.79 Å². The monoisotopic (exact) mass is 466 g/mol. The van der Waals surface area contributed by atoms with Gasteiger partial charge in [-0.1, -0.05) is 11.2 Å². The SMILES string of the molecule is Cc1cc(C(=O)N2Cc3cccn3CC(OCc3ccccn3)C2)on1.O=C(O)C(F)(F)F. The van der Waals surface area contributed by atoms with Crippen LogP contribution in [0.25, 0.3) is 0 Å². The molecule has 0 saturated carbocycles. The van der Waals surface area contributed by atoms with E-state index in [9.17, 15) is 18.0 Å². The molecule has 0 fully saturated rings. The number of amides is 1. The third-order valence-corrected chi connectivity index (χ3v) is 4.66. The number of alkyl halides is 3. The minimum absolute atomic E-state index is 0.140. The van der Waals surface area contributed by atoms with Crippen LogP contribution in [0.1, 0.15) is 27.6 Å². The molecule has 9 nitrogen and oxygen atoms in total. The fraction of sp³-hybridized carbons (Fsp3) is 0.333. The number of aryl methyl sites for hydroxylation is 1. The highest BCUT2D eigenvalue weighted by atomic mass is 19.4. The van der Waals surface area contributed by atoms with E-state index in [1.807, 2.05) is 36.5 Å². The van der Waals surface area contributed by atoms with E-state index in [1.54, 1.807) is 24.1 Å².